The molecule has 0 aromatic rings. The third kappa shape index (κ3) is 7.86. The molecule has 0 heterocycles. The third-order valence-corrected chi connectivity index (χ3v) is 2.07. The lowest BCUT2D eigenvalue weighted by Gasteiger charge is -1.93. The van der Waals surface area contributed by atoms with Crippen molar-refractivity contribution in [1.82, 2.24) is 0 Å². The van der Waals surface area contributed by atoms with Crippen molar-refractivity contribution in [2.45, 2.75) is 26.2 Å². The van der Waals surface area contributed by atoms with Crippen LogP contribution in [0.2, 0.25) is 0 Å². The average molecular weight is 191 g/mol. The number of allylic oxidation sites excluding steroid dienone is 1. The van der Waals surface area contributed by atoms with Crippen LogP contribution in [0.4, 0.5) is 0 Å². The van der Waals surface area contributed by atoms with Crippen LogP contribution in [0.1, 0.15) is 26.2 Å². The highest BCUT2D eigenvalue weighted by Gasteiger charge is 2.14. The van der Waals surface area contributed by atoms with Gasteiger partial charge < -0.3 is 0 Å². The summed E-state index contributed by atoms with van der Waals surface area (Å²) < 4.78 is 15.4. The van der Waals surface area contributed by atoms with Gasteiger partial charge in [0.25, 0.3) is 0 Å². The zero-order chi connectivity index (χ0) is 9.23. The van der Waals surface area contributed by atoms with Gasteiger partial charge in [0.15, 0.2) is 6.16 Å². The maximum atomic E-state index is 10.8. The molecule has 1 atom stereocenters. The van der Waals surface area contributed by atoms with Crippen molar-refractivity contribution in [3.63, 3.8) is 0 Å². The minimum absolute atomic E-state index is 0.350. The van der Waals surface area contributed by atoms with Crippen LogP contribution < -0.4 is 0 Å². The van der Waals surface area contributed by atoms with Crippen LogP contribution in [-0.4, -0.2) is 12.8 Å². The molecule has 12 heavy (non-hydrogen) atoms. The Balaban J connectivity index is 3.08. The van der Waals surface area contributed by atoms with E-state index in [-0.39, 0.29) is 0 Å². The first-order valence-electron chi connectivity index (χ1n) is 4.16. The Hall–Kier alpha value is -0.240. The summed E-state index contributed by atoms with van der Waals surface area (Å²) in [7, 11) is -1.69. The van der Waals surface area contributed by atoms with Crippen molar-refractivity contribution in [1.29, 1.82) is 0 Å². The fourth-order valence-electron chi connectivity index (χ4n) is 0.643. The molecule has 0 rings (SSSR count). The average Bonchev–Trinajstić information content (AvgIpc) is 2.05. The normalized spacial score (nSPS) is 11.2. The molecule has 0 spiro atoms. The number of rotatable bonds is 8. The van der Waals surface area contributed by atoms with Gasteiger partial charge in [-0.05, 0) is 17.1 Å². The summed E-state index contributed by atoms with van der Waals surface area (Å²) in [6, 6.07) is 0. The van der Waals surface area contributed by atoms with Gasteiger partial charge in [0.2, 0.25) is 0 Å². The van der Waals surface area contributed by atoms with Crippen LogP contribution in [0.25, 0.3) is 0 Å². The molecule has 0 bridgehead atoms. The second-order valence-corrected chi connectivity index (χ2v) is 3.59. The van der Waals surface area contributed by atoms with Gasteiger partial charge in [0, 0.05) is 4.67 Å². The van der Waals surface area contributed by atoms with Crippen LogP contribution in [0.3, 0.4) is 0 Å². The second-order valence-electron chi connectivity index (χ2n) is 2.41. The number of unbranched alkanes of at least 4 members (excludes halogenated alkanes) is 2. The molecule has 70 valence electrons. The summed E-state index contributed by atoms with van der Waals surface area (Å²) >= 11 is 0. The van der Waals surface area contributed by atoms with Crippen molar-refractivity contribution >= 4 is 8.03 Å². The minimum Gasteiger partial charge on any atom is -0.190 e. The van der Waals surface area contributed by atoms with E-state index in [1.165, 1.54) is 0 Å². The van der Waals surface area contributed by atoms with Gasteiger partial charge in [-0.3, -0.25) is 0 Å². The maximum Gasteiger partial charge on any atom is 0.543 e. The molecule has 0 saturated carbocycles. The summed E-state index contributed by atoms with van der Waals surface area (Å²) in [5, 5.41) is 0. The maximum absolute atomic E-state index is 10.8. The first-order valence-corrected chi connectivity index (χ1v) is 5.52. The van der Waals surface area contributed by atoms with Gasteiger partial charge in [-0.15, -0.1) is 0 Å². The van der Waals surface area contributed by atoms with E-state index in [9.17, 15) is 4.57 Å². The zero-order valence-electron chi connectivity index (χ0n) is 7.49. The van der Waals surface area contributed by atoms with Gasteiger partial charge in [0.05, 0.1) is 6.61 Å². The van der Waals surface area contributed by atoms with E-state index in [4.69, 9.17) is 4.89 Å². The number of hydrogen-bond acceptors (Lipinski definition) is 3. The Morgan fingerprint density at radius 1 is 1.50 bits per heavy atom. The largest absolute Gasteiger partial charge is 0.543 e. The van der Waals surface area contributed by atoms with E-state index in [0.717, 1.165) is 19.3 Å². The fraction of sp³-hybridized carbons (Fsp3) is 0.750. The van der Waals surface area contributed by atoms with Crippen LogP contribution in [0.15, 0.2) is 12.7 Å². The smallest absolute Gasteiger partial charge is 0.190 e. The highest BCUT2D eigenvalue weighted by atomic mass is 31.1. The monoisotopic (exact) mass is 191 g/mol. The molecule has 4 heteroatoms. The minimum atomic E-state index is -1.69. The van der Waals surface area contributed by atoms with E-state index in [1.54, 1.807) is 6.08 Å². The molecular weight excluding hydrogens is 175 g/mol. The summed E-state index contributed by atoms with van der Waals surface area (Å²) in [4.78, 5) is 4.72. The van der Waals surface area contributed by atoms with Gasteiger partial charge in [-0.25, -0.2) is 0 Å². The van der Waals surface area contributed by atoms with Crippen molar-refractivity contribution in [3.05, 3.63) is 12.7 Å². The first kappa shape index (κ1) is 11.8. The SMILES string of the molecule is C=CC[P+](=O)OOCCCCC. The molecule has 0 aliphatic rings. The Bertz CT molecular complexity index is 136. The summed E-state index contributed by atoms with van der Waals surface area (Å²) in [5.41, 5.74) is 0. The number of hydrogen-bond donors (Lipinski definition) is 0. The van der Waals surface area contributed by atoms with Crippen LogP contribution >= 0.6 is 8.03 Å². The van der Waals surface area contributed by atoms with E-state index >= 15 is 0 Å². The van der Waals surface area contributed by atoms with Crippen LogP contribution in [0, 0.1) is 0 Å². The highest BCUT2D eigenvalue weighted by molar-refractivity contribution is 7.39. The molecular formula is C8H16O3P+. The molecule has 0 aliphatic carbocycles. The van der Waals surface area contributed by atoms with Gasteiger partial charge >= 0.3 is 8.03 Å². The molecule has 0 amide bonds. The van der Waals surface area contributed by atoms with Gasteiger partial charge in [0.1, 0.15) is 0 Å². The van der Waals surface area contributed by atoms with Crippen LogP contribution in [-0.2, 0) is 14.1 Å². The predicted octanol–water partition coefficient (Wildman–Crippen LogP) is 3.05. The van der Waals surface area contributed by atoms with Crippen molar-refractivity contribution < 1.29 is 14.1 Å². The molecule has 0 saturated heterocycles. The van der Waals surface area contributed by atoms with Crippen molar-refractivity contribution in [3.8, 4) is 0 Å². The van der Waals surface area contributed by atoms with Gasteiger partial charge in [-0.2, -0.15) is 4.89 Å². The molecule has 3 nitrogen and oxygen atoms in total. The molecule has 1 unspecified atom stereocenters. The fourth-order valence-corrected chi connectivity index (χ4v) is 1.11. The summed E-state index contributed by atoms with van der Waals surface area (Å²) in [5.74, 6) is 0. The van der Waals surface area contributed by atoms with E-state index < -0.39 is 8.03 Å². The molecule has 0 N–H and O–H groups in total. The topological polar surface area (TPSA) is 35.5 Å². The summed E-state index contributed by atoms with van der Waals surface area (Å²) in [6.45, 7) is 6.07. The lowest BCUT2D eigenvalue weighted by molar-refractivity contribution is -0.201. The molecule has 0 radical (unpaired) electrons. The molecule has 0 aromatic heterocycles. The Kier molecular flexibility index (Phi) is 8.68. The van der Waals surface area contributed by atoms with Crippen molar-refractivity contribution in [2.24, 2.45) is 0 Å². The standard InChI is InChI=1S/C8H16O3P/c1-3-5-6-7-10-11-12(9)8-4-2/h4H,2-3,5-8H2,1H3/q+1. The van der Waals surface area contributed by atoms with Gasteiger partial charge in [-0.1, -0.05) is 26.3 Å². The molecule has 0 aromatic carbocycles. The Morgan fingerprint density at radius 3 is 2.83 bits per heavy atom. The zero-order valence-corrected chi connectivity index (χ0v) is 8.39. The lowest BCUT2D eigenvalue weighted by Crippen LogP contribution is -1.91. The highest BCUT2D eigenvalue weighted by Crippen LogP contribution is 2.21. The third-order valence-electron chi connectivity index (χ3n) is 1.25. The lowest BCUT2D eigenvalue weighted by atomic mass is 10.3. The quantitative estimate of drug-likeness (QED) is 0.194. The summed E-state index contributed by atoms with van der Waals surface area (Å²) in [6.07, 6.45) is 5.11. The first-order chi connectivity index (χ1) is 5.81. The predicted molar refractivity (Wildman–Crippen MR) is 49.2 cm³/mol. The Morgan fingerprint density at radius 2 is 2.25 bits per heavy atom. The Labute approximate surface area is 74.6 Å². The van der Waals surface area contributed by atoms with Crippen LogP contribution in [0.5, 0.6) is 0 Å². The van der Waals surface area contributed by atoms with Crippen molar-refractivity contribution in [2.75, 3.05) is 12.8 Å². The van der Waals surface area contributed by atoms with E-state index in [2.05, 4.69) is 18.2 Å². The molecule has 0 aliphatic heterocycles. The van der Waals surface area contributed by atoms with E-state index in [1.807, 2.05) is 0 Å². The second kappa shape index (κ2) is 8.85. The van der Waals surface area contributed by atoms with E-state index in [0.29, 0.717) is 12.8 Å². The molecule has 0 fully saturated rings.